The van der Waals surface area contributed by atoms with Crippen LogP contribution in [0, 0.1) is 13.8 Å². The van der Waals surface area contributed by atoms with Gasteiger partial charge in [-0.25, -0.2) is 4.79 Å². The van der Waals surface area contributed by atoms with Gasteiger partial charge in [0.15, 0.2) is 6.61 Å². The van der Waals surface area contributed by atoms with Gasteiger partial charge in [-0.3, -0.25) is 0 Å². The maximum atomic E-state index is 12.2. The highest BCUT2D eigenvalue weighted by atomic mass is 35.5. The van der Waals surface area contributed by atoms with Gasteiger partial charge < -0.3 is 9.15 Å². The van der Waals surface area contributed by atoms with Gasteiger partial charge in [0.2, 0.25) is 5.89 Å². The summed E-state index contributed by atoms with van der Waals surface area (Å²) < 4.78 is 10.8. The lowest BCUT2D eigenvalue weighted by Crippen LogP contribution is -2.08. The van der Waals surface area contributed by atoms with E-state index in [2.05, 4.69) is 10.2 Å². The van der Waals surface area contributed by atoms with Gasteiger partial charge in [0.1, 0.15) is 0 Å². The van der Waals surface area contributed by atoms with Crippen molar-refractivity contribution in [3.63, 3.8) is 0 Å². The maximum absolute atomic E-state index is 12.2. The molecule has 0 aliphatic carbocycles. The van der Waals surface area contributed by atoms with E-state index in [1.165, 1.54) is 0 Å². The predicted molar refractivity (Wildman–Crippen MR) is 89.8 cm³/mol. The fraction of sp³-hybridized carbons (Fsp3) is 0.167. The Labute approximate surface area is 144 Å². The molecule has 0 amide bonds. The van der Waals surface area contributed by atoms with E-state index in [0.29, 0.717) is 16.5 Å². The molecular formula is C18H15ClN2O3. The van der Waals surface area contributed by atoms with Crippen molar-refractivity contribution >= 4 is 17.6 Å². The van der Waals surface area contributed by atoms with Crippen LogP contribution in [-0.4, -0.2) is 16.2 Å². The number of hydrogen-bond acceptors (Lipinski definition) is 5. The minimum atomic E-state index is -0.414. The highest BCUT2D eigenvalue weighted by Crippen LogP contribution is 2.21. The number of carbonyl (C=O) groups is 1. The summed E-state index contributed by atoms with van der Waals surface area (Å²) in [5, 5.41) is 8.47. The van der Waals surface area contributed by atoms with E-state index in [1.807, 2.05) is 26.0 Å². The van der Waals surface area contributed by atoms with Crippen LogP contribution in [0.2, 0.25) is 5.02 Å². The molecule has 0 saturated heterocycles. The molecule has 5 nitrogen and oxygen atoms in total. The van der Waals surface area contributed by atoms with Gasteiger partial charge in [0.25, 0.3) is 5.89 Å². The number of halogens is 1. The van der Waals surface area contributed by atoms with Gasteiger partial charge in [-0.1, -0.05) is 23.7 Å². The Kier molecular flexibility index (Phi) is 4.62. The standard InChI is InChI=1S/C18H15ClN2O3/c1-11-4-3-5-15(12(11)2)18(22)23-10-16-20-21-17(24-16)13-6-8-14(19)9-7-13/h3-9H,10H2,1-2H3. The Balaban J connectivity index is 1.68. The fourth-order valence-corrected chi connectivity index (χ4v) is 2.32. The topological polar surface area (TPSA) is 65.2 Å². The quantitative estimate of drug-likeness (QED) is 0.659. The predicted octanol–water partition coefficient (Wildman–Crippen LogP) is 4.36. The second-order valence-corrected chi connectivity index (χ2v) is 5.77. The summed E-state index contributed by atoms with van der Waals surface area (Å²) in [6.07, 6.45) is 0. The number of carbonyl (C=O) groups excluding carboxylic acids is 1. The summed E-state index contributed by atoms with van der Waals surface area (Å²) in [5.41, 5.74) is 3.22. The normalized spacial score (nSPS) is 10.6. The minimum Gasteiger partial charge on any atom is -0.452 e. The van der Waals surface area contributed by atoms with Crippen molar-refractivity contribution in [2.45, 2.75) is 20.5 Å². The number of esters is 1. The van der Waals surface area contributed by atoms with Gasteiger partial charge in [0, 0.05) is 10.6 Å². The third-order valence-electron chi connectivity index (χ3n) is 3.71. The molecular weight excluding hydrogens is 328 g/mol. The maximum Gasteiger partial charge on any atom is 0.338 e. The van der Waals surface area contributed by atoms with Crippen molar-refractivity contribution in [1.29, 1.82) is 0 Å². The molecule has 1 aromatic heterocycles. The van der Waals surface area contributed by atoms with E-state index < -0.39 is 5.97 Å². The van der Waals surface area contributed by atoms with Crippen molar-refractivity contribution < 1.29 is 13.9 Å². The summed E-state index contributed by atoms with van der Waals surface area (Å²) in [4.78, 5) is 12.2. The summed E-state index contributed by atoms with van der Waals surface area (Å²) in [6.45, 7) is 3.76. The number of rotatable bonds is 4. The lowest BCUT2D eigenvalue weighted by Gasteiger charge is -2.07. The van der Waals surface area contributed by atoms with Crippen LogP contribution >= 0.6 is 11.6 Å². The number of benzene rings is 2. The first-order valence-electron chi connectivity index (χ1n) is 7.36. The Bertz CT molecular complexity index is 872. The molecule has 24 heavy (non-hydrogen) atoms. The lowest BCUT2D eigenvalue weighted by molar-refractivity contribution is 0.0437. The molecule has 3 aromatic rings. The first kappa shape index (κ1) is 16.2. The van der Waals surface area contributed by atoms with Crippen molar-refractivity contribution in [3.8, 4) is 11.5 Å². The summed E-state index contributed by atoms with van der Waals surface area (Å²) in [5.74, 6) is 0.172. The molecule has 0 bridgehead atoms. The first-order chi connectivity index (χ1) is 11.5. The largest absolute Gasteiger partial charge is 0.452 e. The van der Waals surface area contributed by atoms with E-state index in [0.717, 1.165) is 16.7 Å². The van der Waals surface area contributed by atoms with Crippen molar-refractivity contribution in [2.24, 2.45) is 0 Å². The Morgan fingerprint density at radius 1 is 1.12 bits per heavy atom. The molecule has 0 saturated carbocycles. The number of ether oxygens (including phenoxy) is 1. The van der Waals surface area contributed by atoms with E-state index in [1.54, 1.807) is 30.3 Å². The fourth-order valence-electron chi connectivity index (χ4n) is 2.20. The SMILES string of the molecule is Cc1cccc(C(=O)OCc2nnc(-c3ccc(Cl)cc3)o2)c1C. The van der Waals surface area contributed by atoms with Crippen molar-refractivity contribution in [1.82, 2.24) is 10.2 Å². The highest BCUT2D eigenvalue weighted by Gasteiger charge is 2.14. The van der Waals surface area contributed by atoms with Gasteiger partial charge in [-0.2, -0.15) is 0 Å². The Morgan fingerprint density at radius 3 is 2.62 bits per heavy atom. The van der Waals surface area contributed by atoms with Gasteiger partial charge in [0.05, 0.1) is 5.56 Å². The summed E-state index contributed by atoms with van der Waals surface area (Å²) in [6, 6.07) is 12.5. The van der Waals surface area contributed by atoms with E-state index in [-0.39, 0.29) is 12.5 Å². The zero-order valence-corrected chi connectivity index (χ0v) is 14.0. The molecule has 0 atom stereocenters. The van der Waals surface area contributed by atoms with Crippen molar-refractivity contribution in [2.75, 3.05) is 0 Å². The number of aromatic nitrogens is 2. The molecule has 6 heteroatoms. The van der Waals surface area contributed by atoms with Crippen LogP contribution in [0.25, 0.3) is 11.5 Å². The van der Waals surface area contributed by atoms with Crippen LogP contribution in [0.3, 0.4) is 0 Å². The van der Waals surface area contributed by atoms with Crippen LogP contribution in [-0.2, 0) is 11.3 Å². The zero-order chi connectivity index (χ0) is 17.1. The average Bonchev–Trinajstić information content (AvgIpc) is 3.05. The summed E-state index contributed by atoms with van der Waals surface area (Å²) in [7, 11) is 0. The molecule has 0 spiro atoms. The Morgan fingerprint density at radius 2 is 1.88 bits per heavy atom. The number of aryl methyl sites for hydroxylation is 1. The third-order valence-corrected chi connectivity index (χ3v) is 3.96. The van der Waals surface area contributed by atoms with Gasteiger partial charge in [-0.05, 0) is 55.3 Å². The first-order valence-corrected chi connectivity index (χ1v) is 7.74. The van der Waals surface area contributed by atoms with Crippen molar-refractivity contribution in [3.05, 3.63) is 70.1 Å². The monoisotopic (exact) mass is 342 g/mol. The van der Waals surface area contributed by atoms with E-state index in [4.69, 9.17) is 20.8 Å². The zero-order valence-electron chi connectivity index (χ0n) is 13.2. The van der Waals surface area contributed by atoms with E-state index >= 15 is 0 Å². The van der Waals surface area contributed by atoms with Crippen LogP contribution in [0.15, 0.2) is 46.9 Å². The van der Waals surface area contributed by atoms with Crippen LogP contribution < -0.4 is 0 Å². The molecule has 0 aliphatic rings. The molecule has 2 aromatic carbocycles. The average molecular weight is 343 g/mol. The smallest absolute Gasteiger partial charge is 0.338 e. The molecule has 0 fully saturated rings. The summed E-state index contributed by atoms with van der Waals surface area (Å²) >= 11 is 5.85. The highest BCUT2D eigenvalue weighted by molar-refractivity contribution is 6.30. The molecule has 0 N–H and O–H groups in total. The molecule has 0 aliphatic heterocycles. The van der Waals surface area contributed by atoms with E-state index in [9.17, 15) is 4.79 Å². The molecule has 0 unspecified atom stereocenters. The van der Waals surface area contributed by atoms with Gasteiger partial charge in [-0.15, -0.1) is 10.2 Å². The number of hydrogen-bond donors (Lipinski definition) is 0. The third kappa shape index (κ3) is 3.46. The molecule has 1 heterocycles. The minimum absolute atomic E-state index is 0.0766. The Hall–Kier alpha value is -2.66. The van der Waals surface area contributed by atoms with Crippen LogP contribution in [0.5, 0.6) is 0 Å². The molecule has 3 rings (SSSR count). The second kappa shape index (κ2) is 6.84. The number of nitrogens with zero attached hydrogens (tertiary/aromatic N) is 2. The van der Waals surface area contributed by atoms with Crippen LogP contribution in [0.4, 0.5) is 0 Å². The lowest BCUT2D eigenvalue weighted by atomic mass is 10.0. The molecule has 122 valence electrons. The van der Waals surface area contributed by atoms with Gasteiger partial charge >= 0.3 is 5.97 Å². The second-order valence-electron chi connectivity index (χ2n) is 5.33. The molecule has 0 radical (unpaired) electrons. The van der Waals surface area contributed by atoms with Crippen LogP contribution in [0.1, 0.15) is 27.4 Å².